The Balaban J connectivity index is 1.80. The van der Waals surface area contributed by atoms with E-state index in [1.54, 1.807) is 13.4 Å². The summed E-state index contributed by atoms with van der Waals surface area (Å²) >= 11 is 3.48. The van der Waals surface area contributed by atoms with Crippen LogP contribution in [0.5, 0.6) is 5.75 Å². The van der Waals surface area contributed by atoms with Crippen LogP contribution in [0, 0.1) is 0 Å². The Morgan fingerprint density at radius 2 is 2.26 bits per heavy atom. The third-order valence-electron chi connectivity index (χ3n) is 2.88. The van der Waals surface area contributed by atoms with E-state index in [1.165, 1.54) is 5.56 Å². The molecule has 1 aromatic carbocycles. The van der Waals surface area contributed by atoms with Gasteiger partial charge in [0.15, 0.2) is 0 Å². The molecule has 0 aliphatic rings. The minimum absolute atomic E-state index is 0.820. The lowest BCUT2D eigenvalue weighted by Crippen LogP contribution is -2.18. The van der Waals surface area contributed by atoms with Crippen molar-refractivity contribution in [2.24, 2.45) is 7.05 Å². The average molecular weight is 325 g/mol. The van der Waals surface area contributed by atoms with Crippen LogP contribution in [-0.2, 0) is 20.0 Å². The molecule has 5 nitrogen and oxygen atoms in total. The lowest BCUT2D eigenvalue weighted by Gasteiger charge is -2.07. The second-order valence-electron chi connectivity index (χ2n) is 4.25. The Kier molecular flexibility index (Phi) is 4.93. The highest BCUT2D eigenvalue weighted by atomic mass is 79.9. The zero-order valence-corrected chi connectivity index (χ0v) is 12.6. The summed E-state index contributed by atoms with van der Waals surface area (Å²) in [5.41, 5.74) is 1.21. The van der Waals surface area contributed by atoms with Crippen molar-refractivity contribution in [3.8, 4) is 5.75 Å². The molecule has 2 rings (SSSR count). The first-order valence-electron chi connectivity index (χ1n) is 6.06. The van der Waals surface area contributed by atoms with Crippen molar-refractivity contribution < 1.29 is 4.74 Å². The van der Waals surface area contributed by atoms with Crippen LogP contribution in [0.2, 0.25) is 0 Å². The largest absolute Gasteiger partial charge is 0.496 e. The molecule has 1 aromatic heterocycles. The molecule has 0 amide bonds. The summed E-state index contributed by atoms with van der Waals surface area (Å²) in [4.78, 5) is 0. The van der Waals surface area contributed by atoms with Gasteiger partial charge in [0.1, 0.15) is 17.9 Å². The molecule has 0 radical (unpaired) electrons. The maximum absolute atomic E-state index is 5.20. The number of halogens is 1. The number of hydrogen-bond acceptors (Lipinski definition) is 4. The Hall–Kier alpha value is -1.40. The number of nitrogens with one attached hydrogen (secondary N) is 1. The summed E-state index contributed by atoms with van der Waals surface area (Å²) < 4.78 is 8.11. The molecule has 0 fully saturated rings. The van der Waals surface area contributed by atoms with Gasteiger partial charge in [-0.15, -0.1) is 10.2 Å². The second-order valence-corrected chi connectivity index (χ2v) is 5.11. The predicted molar refractivity (Wildman–Crippen MR) is 77.1 cm³/mol. The molecule has 0 saturated heterocycles. The van der Waals surface area contributed by atoms with Crippen molar-refractivity contribution in [3.05, 3.63) is 40.4 Å². The molecule has 0 bridgehead atoms. The van der Waals surface area contributed by atoms with Crippen LogP contribution in [0.25, 0.3) is 0 Å². The quantitative estimate of drug-likeness (QED) is 0.825. The maximum atomic E-state index is 5.20. The summed E-state index contributed by atoms with van der Waals surface area (Å²) in [6.45, 7) is 1.69. The van der Waals surface area contributed by atoms with Gasteiger partial charge in [-0.1, -0.05) is 6.07 Å². The number of aryl methyl sites for hydroxylation is 1. The number of ether oxygens (including phenoxy) is 1. The third kappa shape index (κ3) is 3.78. The molecular weight excluding hydrogens is 308 g/mol. The number of nitrogens with zero attached hydrogens (tertiary/aromatic N) is 3. The van der Waals surface area contributed by atoms with Crippen LogP contribution < -0.4 is 10.1 Å². The Labute approximate surface area is 121 Å². The number of aromatic nitrogens is 3. The van der Waals surface area contributed by atoms with E-state index < -0.39 is 0 Å². The molecule has 0 spiro atoms. The third-order valence-corrected chi connectivity index (χ3v) is 3.50. The smallest absolute Gasteiger partial charge is 0.133 e. The minimum atomic E-state index is 0.820. The predicted octanol–water partition coefficient (Wildman–Crippen LogP) is 1.92. The monoisotopic (exact) mass is 324 g/mol. The maximum Gasteiger partial charge on any atom is 0.133 e. The highest BCUT2D eigenvalue weighted by molar-refractivity contribution is 9.10. The molecule has 1 N–H and O–H groups in total. The van der Waals surface area contributed by atoms with Gasteiger partial charge in [-0.3, -0.25) is 0 Å². The molecular formula is C13H17BrN4O. The van der Waals surface area contributed by atoms with Gasteiger partial charge in [0.2, 0.25) is 0 Å². The van der Waals surface area contributed by atoms with Crippen LogP contribution in [-0.4, -0.2) is 28.4 Å². The molecule has 102 valence electrons. The van der Waals surface area contributed by atoms with Crippen molar-refractivity contribution >= 4 is 15.9 Å². The molecule has 0 aliphatic heterocycles. The Morgan fingerprint density at radius 3 is 2.89 bits per heavy atom. The fourth-order valence-corrected chi connectivity index (χ4v) is 2.37. The van der Waals surface area contributed by atoms with E-state index in [4.69, 9.17) is 4.74 Å². The number of benzene rings is 1. The SMILES string of the molecule is COc1ccc(CNCCc2nncn2C)cc1Br. The summed E-state index contributed by atoms with van der Waals surface area (Å²) in [6.07, 6.45) is 2.59. The van der Waals surface area contributed by atoms with Gasteiger partial charge >= 0.3 is 0 Å². The molecule has 1 heterocycles. The van der Waals surface area contributed by atoms with Crippen LogP contribution >= 0.6 is 15.9 Å². The fourth-order valence-electron chi connectivity index (χ4n) is 1.79. The molecule has 0 unspecified atom stereocenters. The zero-order valence-electron chi connectivity index (χ0n) is 11.1. The minimum Gasteiger partial charge on any atom is -0.496 e. The first-order valence-corrected chi connectivity index (χ1v) is 6.86. The van der Waals surface area contributed by atoms with Gasteiger partial charge in [-0.25, -0.2) is 0 Å². The van der Waals surface area contributed by atoms with Crippen LogP contribution in [0.4, 0.5) is 0 Å². The normalized spacial score (nSPS) is 10.7. The van der Waals surface area contributed by atoms with E-state index in [9.17, 15) is 0 Å². The summed E-state index contributed by atoms with van der Waals surface area (Å²) in [6, 6.07) is 6.08. The van der Waals surface area contributed by atoms with Gasteiger partial charge in [0.05, 0.1) is 11.6 Å². The van der Waals surface area contributed by atoms with Gasteiger partial charge in [-0.05, 0) is 33.6 Å². The standard InChI is InChI=1S/C13H17BrN4O/c1-18-9-16-17-13(18)5-6-15-8-10-3-4-12(19-2)11(14)7-10/h3-4,7,9,15H,5-6,8H2,1-2H3. The van der Waals surface area contributed by atoms with Crippen molar-refractivity contribution in [2.45, 2.75) is 13.0 Å². The van der Waals surface area contributed by atoms with Crippen LogP contribution in [0.3, 0.4) is 0 Å². The topological polar surface area (TPSA) is 52.0 Å². The van der Waals surface area contributed by atoms with E-state index in [-0.39, 0.29) is 0 Å². The number of rotatable bonds is 6. The second kappa shape index (κ2) is 6.68. The van der Waals surface area contributed by atoms with Gasteiger partial charge < -0.3 is 14.6 Å². The van der Waals surface area contributed by atoms with Gasteiger partial charge in [-0.2, -0.15) is 0 Å². The highest BCUT2D eigenvalue weighted by Crippen LogP contribution is 2.25. The lowest BCUT2D eigenvalue weighted by molar-refractivity contribution is 0.412. The van der Waals surface area contributed by atoms with E-state index in [0.717, 1.165) is 35.6 Å². The molecule has 6 heteroatoms. The van der Waals surface area contributed by atoms with Gasteiger partial charge in [0, 0.05) is 26.6 Å². The van der Waals surface area contributed by atoms with Gasteiger partial charge in [0.25, 0.3) is 0 Å². The van der Waals surface area contributed by atoms with Crippen LogP contribution in [0.15, 0.2) is 29.0 Å². The first kappa shape index (κ1) is 14.0. The van der Waals surface area contributed by atoms with E-state index in [1.807, 2.05) is 17.7 Å². The number of hydrogen-bond donors (Lipinski definition) is 1. The molecule has 19 heavy (non-hydrogen) atoms. The zero-order chi connectivity index (χ0) is 13.7. The molecule has 0 atom stereocenters. The average Bonchev–Trinajstić information content (AvgIpc) is 2.80. The van der Waals surface area contributed by atoms with E-state index in [0.29, 0.717) is 0 Å². The fraction of sp³-hybridized carbons (Fsp3) is 0.385. The lowest BCUT2D eigenvalue weighted by atomic mass is 10.2. The molecule has 0 saturated carbocycles. The van der Waals surface area contributed by atoms with Crippen molar-refractivity contribution in [1.82, 2.24) is 20.1 Å². The van der Waals surface area contributed by atoms with E-state index in [2.05, 4.69) is 43.6 Å². The summed E-state index contributed by atoms with van der Waals surface area (Å²) in [5.74, 6) is 1.84. The van der Waals surface area contributed by atoms with E-state index >= 15 is 0 Å². The number of methoxy groups -OCH3 is 1. The molecule has 0 aliphatic carbocycles. The Bertz CT molecular complexity index is 541. The summed E-state index contributed by atoms with van der Waals surface area (Å²) in [7, 11) is 3.62. The van der Waals surface area contributed by atoms with Crippen molar-refractivity contribution in [2.75, 3.05) is 13.7 Å². The molecule has 2 aromatic rings. The highest BCUT2D eigenvalue weighted by Gasteiger charge is 2.02. The van der Waals surface area contributed by atoms with Crippen LogP contribution in [0.1, 0.15) is 11.4 Å². The Morgan fingerprint density at radius 1 is 1.42 bits per heavy atom. The van der Waals surface area contributed by atoms with Crippen molar-refractivity contribution in [1.29, 1.82) is 0 Å². The summed E-state index contributed by atoms with van der Waals surface area (Å²) in [5, 5.41) is 11.3. The van der Waals surface area contributed by atoms with Crippen molar-refractivity contribution in [3.63, 3.8) is 0 Å². The first-order chi connectivity index (χ1) is 9.20.